The molecule has 2 atom stereocenters. The first kappa shape index (κ1) is 24.5. The number of nitrogens with one attached hydrogen (secondary N) is 1. The van der Waals surface area contributed by atoms with Gasteiger partial charge in [0.25, 0.3) is 0 Å². The minimum absolute atomic E-state index is 0.0670. The lowest BCUT2D eigenvalue weighted by Gasteiger charge is -2.30. The lowest BCUT2D eigenvalue weighted by Crippen LogP contribution is -2.42. The van der Waals surface area contributed by atoms with E-state index in [9.17, 15) is 23.1 Å². The van der Waals surface area contributed by atoms with Crippen LogP contribution < -0.4 is 15.1 Å². The Morgan fingerprint density at radius 1 is 1.25 bits per heavy atom. The molecule has 2 unspecified atom stereocenters. The number of aryl methyl sites for hydroxylation is 1. The molecule has 11 nitrogen and oxygen atoms in total. The van der Waals surface area contributed by atoms with E-state index in [0.29, 0.717) is 11.8 Å². The number of fused-ring (bicyclic) bond motifs is 2. The molecule has 1 amide bonds. The summed E-state index contributed by atoms with van der Waals surface area (Å²) in [6, 6.07) is 1.47. The molecule has 5 rings (SSSR count). The van der Waals surface area contributed by atoms with Crippen LogP contribution in [-0.2, 0) is 30.4 Å². The lowest BCUT2D eigenvalue weighted by atomic mass is 10.2. The summed E-state index contributed by atoms with van der Waals surface area (Å²) in [5, 5.41) is 21.0. The molecule has 1 saturated heterocycles. The average Bonchev–Trinajstić information content (AvgIpc) is 3.54. The molecule has 0 aliphatic carbocycles. The van der Waals surface area contributed by atoms with Crippen molar-refractivity contribution in [3.63, 3.8) is 0 Å². The smallest absolute Gasteiger partial charge is 0.451 e. The Balaban J connectivity index is 1.49. The number of amides is 1. The molecule has 3 aromatic rings. The number of methoxy groups -OCH3 is 1. The Bertz CT molecular complexity index is 1280. The highest BCUT2D eigenvalue weighted by Gasteiger charge is 2.40. The molecular formula is C21H25F3N8O3S. The molecular weight excluding hydrogens is 501 g/mol. The number of aliphatic hydroxyl groups is 1. The molecule has 2 N–H and O–H groups in total. The molecule has 1 fully saturated rings. The molecule has 36 heavy (non-hydrogen) atoms. The molecule has 0 radical (unpaired) electrons. The highest BCUT2D eigenvalue weighted by molar-refractivity contribution is 7.18. The van der Waals surface area contributed by atoms with Gasteiger partial charge in [0, 0.05) is 31.1 Å². The maximum Gasteiger partial charge on any atom is 0.451 e. The van der Waals surface area contributed by atoms with Gasteiger partial charge in [-0.3, -0.25) is 0 Å². The van der Waals surface area contributed by atoms with Crippen molar-refractivity contribution in [3.05, 3.63) is 22.6 Å². The van der Waals surface area contributed by atoms with Crippen LogP contribution in [-0.4, -0.2) is 74.8 Å². The number of alkyl carbamates (subject to hydrolysis) is 1. The van der Waals surface area contributed by atoms with Crippen LogP contribution in [0.15, 0.2) is 6.07 Å². The van der Waals surface area contributed by atoms with Crippen molar-refractivity contribution < 1.29 is 27.8 Å². The van der Waals surface area contributed by atoms with Gasteiger partial charge in [0.05, 0.1) is 31.2 Å². The summed E-state index contributed by atoms with van der Waals surface area (Å²) in [6.07, 6.45) is -4.24. The molecule has 3 aromatic heterocycles. The van der Waals surface area contributed by atoms with Gasteiger partial charge < -0.3 is 29.5 Å². The van der Waals surface area contributed by atoms with Crippen molar-refractivity contribution >= 4 is 39.4 Å². The maximum atomic E-state index is 13.3. The predicted molar refractivity (Wildman–Crippen MR) is 125 cm³/mol. The number of aliphatic hydroxyl groups excluding tert-OH is 1. The van der Waals surface area contributed by atoms with Crippen molar-refractivity contribution in [1.29, 1.82) is 0 Å². The number of carbonyl (C=O) groups excluding carboxylic acids is 1. The second-order valence-electron chi connectivity index (χ2n) is 8.75. The monoisotopic (exact) mass is 526 g/mol. The van der Waals surface area contributed by atoms with Gasteiger partial charge in [-0.15, -0.1) is 21.5 Å². The Kier molecular flexibility index (Phi) is 6.36. The summed E-state index contributed by atoms with van der Waals surface area (Å²) in [6.45, 7) is 3.03. The summed E-state index contributed by atoms with van der Waals surface area (Å²) < 4.78 is 45.6. The van der Waals surface area contributed by atoms with E-state index in [1.54, 1.807) is 16.2 Å². The van der Waals surface area contributed by atoms with E-state index >= 15 is 0 Å². The number of hydrogen-bond acceptors (Lipinski definition) is 10. The molecule has 0 saturated carbocycles. The quantitative estimate of drug-likeness (QED) is 0.515. The van der Waals surface area contributed by atoms with Crippen molar-refractivity contribution in [2.24, 2.45) is 0 Å². The van der Waals surface area contributed by atoms with Crippen LogP contribution in [0.25, 0.3) is 10.2 Å². The van der Waals surface area contributed by atoms with Gasteiger partial charge >= 0.3 is 12.3 Å². The van der Waals surface area contributed by atoms with E-state index in [1.165, 1.54) is 7.11 Å². The van der Waals surface area contributed by atoms with Crippen LogP contribution in [0.1, 0.15) is 29.9 Å². The fourth-order valence-corrected chi connectivity index (χ4v) is 5.67. The van der Waals surface area contributed by atoms with Gasteiger partial charge in [0.1, 0.15) is 10.6 Å². The number of carbonyl (C=O) groups is 1. The van der Waals surface area contributed by atoms with Gasteiger partial charge in [-0.2, -0.15) is 18.2 Å². The number of anilines is 2. The highest BCUT2D eigenvalue weighted by Crippen LogP contribution is 2.36. The number of β-amino-alcohol motifs (C(OH)–C–C–N with tert-alkyl or cyclic N) is 1. The number of hydrogen-bond donors (Lipinski definition) is 2. The SMILES string of the molecule is CCCc1cc2c(N3CCn4c(nnc4C(F)(F)F)C3)nc(N3CC(O)C(NC(=O)OC)C3)nc2s1. The number of nitrogens with zero attached hydrogens (tertiary/aromatic N) is 7. The van der Waals surface area contributed by atoms with Crippen LogP contribution in [0.4, 0.5) is 29.7 Å². The Morgan fingerprint density at radius 3 is 2.78 bits per heavy atom. The summed E-state index contributed by atoms with van der Waals surface area (Å²) in [7, 11) is 1.25. The van der Waals surface area contributed by atoms with E-state index in [2.05, 4.69) is 27.2 Å². The van der Waals surface area contributed by atoms with Crippen LogP contribution in [0, 0.1) is 0 Å². The topological polar surface area (TPSA) is 122 Å². The van der Waals surface area contributed by atoms with Gasteiger partial charge in [-0.1, -0.05) is 13.3 Å². The Hall–Kier alpha value is -3.20. The van der Waals surface area contributed by atoms with Crippen LogP contribution >= 0.6 is 11.3 Å². The molecule has 194 valence electrons. The molecule has 0 bridgehead atoms. The Morgan fingerprint density at radius 2 is 2.06 bits per heavy atom. The second-order valence-corrected chi connectivity index (χ2v) is 9.87. The summed E-state index contributed by atoms with van der Waals surface area (Å²) >= 11 is 1.54. The average molecular weight is 527 g/mol. The summed E-state index contributed by atoms with van der Waals surface area (Å²) in [5.41, 5.74) is 0. The van der Waals surface area contributed by atoms with E-state index in [0.717, 1.165) is 32.5 Å². The van der Waals surface area contributed by atoms with Gasteiger partial charge in [0.2, 0.25) is 11.8 Å². The van der Waals surface area contributed by atoms with E-state index in [1.807, 2.05) is 11.0 Å². The van der Waals surface area contributed by atoms with Crippen molar-refractivity contribution in [2.45, 2.75) is 51.2 Å². The Labute approximate surface area is 207 Å². The number of rotatable bonds is 5. The predicted octanol–water partition coefficient (Wildman–Crippen LogP) is 2.18. The number of thiophene rings is 1. The zero-order chi connectivity index (χ0) is 25.6. The third kappa shape index (κ3) is 4.52. The fraction of sp³-hybridized carbons (Fsp3) is 0.571. The van der Waals surface area contributed by atoms with Crippen molar-refractivity contribution in [3.8, 4) is 0 Å². The standard InChI is InChI=1S/C21H25F3N8O3S/c1-3-4-11-7-12-16(30-5-6-32-15(10-30)28-29-18(32)21(22,23)24)26-19(27-17(12)36-11)31-8-13(14(33)9-31)25-20(34)35-2/h7,13-14,33H,3-6,8-10H2,1-2H3,(H,25,34). The van der Waals surface area contributed by atoms with E-state index in [4.69, 9.17) is 9.97 Å². The fourth-order valence-electron chi connectivity index (χ4n) is 4.55. The zero-order valence-corrected chi connectivity index (χ0v) is 20.4. The van der Waals surface area contributed by atoms with Gasteiger partial charge in [-0.25, -0.2) is 9.78 Å². The maximum absolute atomic E-state index is 13.3. The molecule has 5 heterocycles. The number of halogens is 3. The lowest BCUT2D eigenvalue weighted by molar-refractivity contribution is -0.147. The van der Waals surface area contributed by atoms with Crippen LogP contribution in [0.5, 0.6) is 0 Å². The molecule has 2 aliphatic rings. The van der Waals surface area contributed by atoms with Crippen LogP contribution in [0.2, 0.25) is 0 Å². The van der Waals surface area contributed by atoms with Crippen molar-refractivity contribution in [2.75, 3.05) is 36.5 Å². The van der Waals surface area contributed by atoms with Gasteiger partial charge in [0.15, 0.2) is 5.82 Å². The number of aromatic nitrogens is 5. The first-order chi connectivity index (χ1) is 17.2. The van der Waals surface area contributed by atoms with E-state index < -0.39 is 30.2 Å². The second kappa shape index (κ2) is 9.35. The first-order valence-electron chi connectivity index (χ1n) is 11.5. The highest BCUT2D eigenvalue weighted by atomic mass is 32.1. The summed E-state index contributed by atoms with van der Waals surface area (Å²) in [5.74, 6) is 0.181. The number of alkyl halides is 3. The van der Waals surface area contributed by atoms with E-state index in [-0.39, 0.29) is 38.5 Å². The first-order valence-corrected chi connectivity index (χ1v) is 12.3. The van der Waals surface area contributed by atoms with Crippen LogP contribution in [0.3, 0.4) is 0 Å². The molecule has 0 aromatic carbocycles. The third-order valence-corrected chi connectivity index (χ3v) is 7.36. The summed E-state index contributed by atoms with van der Waals surface area (Å²) in [4.78, 5) is 26.7. The zero-order valence-electron chi connectivity index (χ0n) is 19.6. The normalized spacial score (nSPS) is 20.2. The molecule has 2 aliphatic heterocycles. The molecule has 0 spiro atoms. The minimum Gasteiger partial charge on any atom is -0.453 e. The largest absolute Gasteiger partial charge is 0.453 e. The molecule has 15 heteroatoms. The minimum atomic E-state index is -4.57. The van der Waals surface area contributed by atoms with Crippen molar-refractivity contribution in [1.82, 2.24) is 30.0 Å². The van der Waals surface area contributed by atoms with Gasteiger partial charge in [-0.05, 0) is 12.5 Å². The number of ether oxygens (including phenoxy) is 1. The third-order valence-electron chi connectivity index (χ3n) is 6.28.